The van der Waals surface area contributed by atoms with E-state index in [1.54, 1.807) is 0 Å². The molecule has 1 spiro atoms. The summed E-state index contributed by atoms with van der Waals surface area (Å²) in [7, 11) is 0. The number of rotatable bonds is 4. The first-order chi connectivity index (χ1) is 27.3. The monoisotopic (exact) mass is 717 g/mol. The third-order valence-electron chi connectivity index (χ3n) is 12.4. The van der Waals surface area contributed by atoms with Crippen LogP contribution in [0.3, 0.4) is 0 Å². The van der Waals surface area contributed by atoms with Crippen LogP contribution in [0.4, 0.5) is 17.1 Å². The number of hydrogen-bond acceptors (Lipinski definition) is 2. The minimum absolute atomic E-state index is 0.497. The smallest absolute Gasteiger partial charge is 0.0729 e. The standard InChI is InChI=1S/C53H35NS/c1-2-33-28-29-35-16-11-21-41-39-19-6-9-23-44(39)53(52(33)50(35)41)43-22-8-5-18-38(43)40-31-30-36(32-45(40)53)54(46-24-12-15-34-14-3-4-17-37(34)46)47-25-13-27-49-51(47)42-20-7-10-26-48(42)55-49/h3-32H,2H2,1H3. The summed E-state index contributed by atoms with van der Waals surface area (Å²) in [5.41, 5.74) is 15.2. The van der Waals surface area contributed by atoms with E-state index in [4.69, 9.17) is 0 Å². The van der Waals surface area contributed by atoms with Gasteiger partial charge in [-0.3, -0.25) is 0 Å². The van der Waals surface area contributed by atoms with Crippen molar-refractivity contribution in [2.75, 3.05) is 4.90 Å². The topological polar surface area (TPSA) is 3.24 Å². The third-order valence-corrected chi connectivity index (χ3v) is 13.6. The molecule has 1 nitrogen and oxygen atoms in total. The number of thiophene rings is 1. The average Bonchev–Trinajstić information content (AvgIpc) is 3.77. The second-order valence-electron chi connectivity index (χ2n) is 15.0. The molecule has 1 atom stereocenters. The fourth-order valence-corrected chi connectivity index (χ4v) is 11.4. The minimum atomic E-state index is -0.497. The summed E-state index contributed by atoms with van der Waals surface area (Å²) >= 11 is 1.88. The van der Waals surface area contributed by atoms with Gasteiger partial charge in [0.15, 0.2) is 0 Å². The van der Waals surface area contributed by atoms with Crippen LogP contribution >= 0.6 is 11.3 Å². The van der Waals surface area contributed by atoms with E-state index in [9.17, 15) is 0 Å². The number of fused-ring (bicyclic) bond motifs is 13. The van der Waals surface area contributed by atoms with Crippen molar-refractivity contribution in [3.8, 4) is 22.3 Å². The molecule has 2 aliphatic rings. The molecule has 0 fully saturated rings. The van der Waals surface area contributed by atoms with E-state index in [0.29, 0.717) is 0 Å². The Bertz CT molecular complexity index is 3220. The molecule has 1 heterocycles. The molecule has 9 aromatic carbocycles. The summed E-state index contributed by atoms with van der Waals surface area (Å²) < 4.78 is 2.61. The molecule has 0 radical (unpaired) electrons. The molecule has 10 aromatic rings. The maximum absolute atomic E-state index is 2.55. The Morgan fingerprint density at radius 3 is 1.93 bits per heavy atom. The Labute approximate surface area is 324 Å². The molecule has 1 unspecified atom stereocenters. The summed E-state index contributed by atoms with van der Waals surface area (Å²) in [4.78, 5) is 2.55. The molecule has 0 bridgehead atoms. The van der Waals surface area contributed by atoms with Crippen LogP contribution in [-0.4, -0.2) is 0 Å². The molecule has 0 aliphatic heterocycles. The second-order valence-corrected chi connectivity index (χ2v) is 16.1. The zero-order valence-electron chi connectivity index (χ0n) is 30.4. The number of anilines is 3. The third kappa shape index (κ3) is 4.07. The van der Waals surface area contributed by atoms with Crippen molar-refractivity contribution in [3.63, 3.8) is 0 Å². The summed E-state index contributed by atoms with van der Waals surface area (Å²) in [6.45, 7) is 2.32. The highest BCUT2D eigenvalue weighted by atomic mass is 32.1. The van der Waals surface area contributed by atoms with Crippen molar-refractivity contribution in [2.24, 2.45) is 0 Å². The molecular weight excluding hydrogens is 683 g/mol. The van der Waals surface area contributed by atoms with Crippen LogP contribution < -0.4 is 4.90 Å². The quantitative estimate of drug-likeness (QED) is 0.175. The van der Waals surface area contributed by atoms with Crippen molar-refractivity contribution in [1.29, 1.82) is 0 Å². The Hall–Kier alpha value is -6.48. The Kier molecular flexibility index (Phi) is 6.47. The fourth-order valence-electron chi connectivity index (χ4n) is 10.3. The van der Waals surface area contributed by atoms with Crippen molar-refractivity contribution in [1.82, 2.24) is 0 Å². The summed E-state index contributed by atoms with van der Waals surface area (Å²) in [5.74, 6) is 0. The first kappa shape index (κ1) is 30.9. The van der Waals surface area contributed by atoms with E-state index >= 15 is 0 Å². The predicted molar refractivity (Wildman–Crippen MR) is 235 cm³/mol. The lowest BCUT2D eigenvalue weighted by molar-refractivity contribution is 0.759. The summed E-state index contributed by atoms with van der Waals surface area (Å²) in [6.07, 6.45) is 0.954. The van der Waals surface area contributed by atoms with Crippen molar-refractivity contribution >= 4 is 70.1 Å². The van der Waals surface area contributed by atoms with Gasteiger partial charge in [-0.25, -0.2) is 0 Å². The number of aryl methyl sites for hydroxylation is 1. The van der Waals surface area contributed by atoms with E-state index in [1.807, 2.05) is 11.3 Å². The highest BCUT2D eigenvalue weighted by Crippen LogP contribution is 2.63. The van der Waals surface area contributed by atoms with Gasteiger partial charge >= 0.3 is 0 Å². The molecule has 2 aliphatic carbocycles. The van der Waals surface area contributed by atoms with Crippen LogP contribution in [0.25, 0.3) is 64.0 Å². The molecule has 2 heteroatoms. The molecule has 0 saturated carbocycles. The van der Waals surface area contributed by atoms with E-state index in [-0.39, 0.29) is 0 Å². The van der Waals surface area contributed by atoms with Gasteiger partial charge in [0, 0.05) is 31.2 Å². The van der Waals surface area contributed by atoms with Crippen LogP contribution in [0.1, 0.15) is 34.7 Å². The van der Waals surface area contributed by atoms with Gasteiger partial charge in [-0.15, -0.1) is 11.3 Å². The van der Waals surface area contributed by atoms with Crippen molar-refractivity contribution in [2.45, 2.75) is 18.8 Å². The molecule has 0 amide bonds. The zero-order chi connectivity index (χ0) is 36.3. The van der Waals surface area contributed by atoms with Gasteiger partial charge in [-0.1, -0.05) is 153 Å². The van der Waals surface area contributed by atoms with Crippen LogP contribution in [-0.2, 0) is 11.8 Å². The maximum Gasteiger partial charge on any atom is 0.0729 e. The lowest BCUT2D eigenvalue weighted by Crippen LogP contribution is -2.33. The minimum Gasteiger partial charge on any atom is -0.309 e. The van der Waals surface area contributed by atoms with Crippen LogP contribution in [0, 0.1) is 0 Å². The Morgan fingerprint density at radius 1 is 0.455 bits per heavy atom. The zero-order valence-corrected chi connectivity index (χ0v) is 31.2. The second kappa shape index (κ2) is 11.5. The van der Waals surface area contributed by atoms with Crippen LogP contribution in [0.2, 0.25) is 0 Å². The fraction of sp³-hybridized carbons (Fsp3) is 0.0566. The first-order valence-corrected chi connectivity index (χ1v) is 20.1. The molecule has 258 valence electrons. The number of benzene rings is 9. The van der Waals surface area contributed by atoms with Gasteiger partial charge in [0.05, 0.1) is 16.8 Å². The van der Waals surface area contributed by atoms with E-state index in [2.05, 4.69) is 194 Å². The molecule has 12 rings (SSSR count). The molecular formula is C53H35NS. The van der Waals surface area contributed by atoms with Gasteiger partial charge in [-0.2, -0.15) is 0 Å². The SMILES string of the molecule is CCc1ccc2cccc3c2c1C1(c2ccccc2-c2ccc(N(c4cccc5ccccc45)c4cccc5sc6ccccc6c45)cc21)c1ccccc1-3. The van der Waals surface area contributed by atoms with E-state index in [1.165, 1.54) is 103 Å². The predicted octanol–water partition coefficient (Wildman–Crippen LogP) is 14.7. The Balaban J connectivity index is 1.24. The van der Waals surface area contributed by atoms with Gasteiger partial charge in [-0.05, 0) is 109 Å². The van der Waals surface area contributed by atoms with E-state index in [0.717, 1.165) is 12.1 Å². The van der Waals surface area contributed by atoms with Crippen molar-refractivity contribution in [3.05, 3.63) is 210 Å². The van der Waals surface area contributed by atoms with Crippen molar-refractivity contribution < 1.29 is 0 Å². The molecule has 55 heavy (non-hydrogen) atoms. The molecule has 0 N–H and O–H groups in total. The largest absolute Gasteiger partial charge is 0.309 e. The maximum atomic E-state index is 2.55. The molecule has 0 saturated heterocycles. The van der Waals surface area contributed by atoms with Crippen LogP contribution in [0.5, 0.6) is 0 Å². The Morgan fingerprint density at radius 2 is 1.07 bits per heavy atom. The average molecular weight is 718 g/mol. The number of nitrogens with zero attached hydrogens (tertiary/aromatic N) is 1. The van der Waals surface area contributed by atoms with Gasteiger partial charge in [0.2, 0.25) is 0 Å². The molecule has 1 aromatic heterocycles. The van der Waals surface area contributed by atoms with E-state index < -0.39 is 5.41 Å². The summed E-state index contributed by atoms with van der Waals surface area (Å²) in [6, 6.07) is 68.6. The van der Waals surface area contributed by atoms with Gasteiger partial charge in [0.1, 0.15) is 0 Å². The van der Waals surface area contributed by atoms with Crippen LogP contribution in [0.15, 0.2) is 182 Å². The van der Waals surface area contributed by atoms with Gasteiger partial charge < -0.3 is 4.90 Å². The normalized spacial score (nSPS) is 15.1. The summed E-state index contributed by atoms with van der Waals surface area (Å²) in [5, 5.41) is 7.74. The highest BCUT2D eigenvalue weighted by molar-refractivity contribution is 7.26. The lowest BCUT2D eigenvalue weighted by atomic mass is 9.60. The first-order valence-electron chi connectivity index (χ1n) is 19.3. The van der Waals surface area contributed by atoms with Gasteiger partial charge in [0.25, 0.3) is 0 Å². The number of hydrogen-bond donors (Lipinski definition) is 0. The highest BCUT2D eigenvalue weighted by Gasteiger charge is 2.51. The lowest BCUT2D eigenvalue weighted by Gasteiger charge is -2.41.